The molecule has 1 heterocycles. The molecule has 20 heavy (non-hydrogen) atoms. The lowest BCUT2D eigenvalue weighted by Crippen LogP contribution is -1.98. The van der Waals surface area contributed by atoms with Crippen LogP contribution >= 0.6 is 22.9 Å². The summed E-state index contributed by atoms with van der Waals surface area (Å²) >= 11 is 7.45. The Kier molecular flexibility index (Phi) is 4.15. The molecule has 0 aliphatic carbocycles. The van der Waals surface area contributed by atoms with Gasteiger partial charge in [-0.1, -0.05) is 35.9 Å². The largest absolute Gasteiger partial charge is 0.259 e. The molecule has 0 bridgehead atoms. The molecule has 0 radical (unpaired) electrons. The number of benzene rings is 2. The molecule has 2 nitrogen and oxygen atoms in total. The summed E-state index contributed by atoms with van der Waals surface area (Å²) in [4.78, 5) is 4.51. The third kappa shape index (κ3) is 3.26. The fourth-order valence-electron chi connectivity index (χ4n) is 1.94. The summed E-state index contributed by atoms with van der Waals surface area (Å²) in [5, 5.41) is 1.63. The first-order valence-corrected chi connectivity index (χ1v) is 8.83. The van der Waals surface area contributed by atoms with E-state index in [9.17, 15) is 4.21 Å². The number of nitrogens with zero attached hydrogens (tertiary/aromatic N) is 1. The average Bonchev–Trinajstić information content (AvgIpc) is 2.83. The summed E-state index contributed by atoms with van der Waals surface area (Å²) in [5.74, 6) is 1.04. The minimum Gasteiger partial charge on any atom is -0.259 e. The third-order valence-corrected chi connectivity index (χ3v) is 5.59. The van der Waals surface area contributed by atoms with Gasteiger partial charge in [0.25, 0.3) is 0 Å². The minimum atomic E-state index is -0.950. The van der Waals surface area contributed by atoms with Gasteiger partial charge >= 0.3 is 0 Å². The van der Waals surface area contributed by atoms with Gasteiger partial charge in [-0.2, -0.15) is 0 Å². The number of hydrogen-bond donors (Lipinski definition) is 0. The Bertz CT molecular complexity index is 719. The topological polar surface area (TPSA) is 30.0 Å². The van der Waals surface area contributed by atoms with Gasteiger partial charge in [0.15, 0.2) is 0 Å². The van der Waals surface area contributed by atoms with E-state index in [0.29, 0.717) is 16.5 Å². The van der Waals surface area contributed by atoms with E-state index in [2.05, 4.69) is 4.98 Å². The summed E-state index contributed by atoms with van der Waals surface area (Å²) < 4.78 is 13.3. The average molecular weight is 322 g/mol. The monoisotopic (exact) mass is 321 g/mol. The summed E-state index contributed by atoms with van der Waals surface area (Å²) in [6.07, 6.45) is 0. The molecule has 5 heteroatoms. The highest BCUT2D eigenvalue weighted by molar-refractivity contribution is 7.83. The molecule has 0 saturated heterocycles. The Balaban J connectivity index is 1.70. The van der Waals surface area contributed by atoms with Crippen LogP contribution in [0.1, 0.15) is 10.6 Å². The van der Waals surface area contributed by atoms with Crippen molar-refractivity contribution in [2.75, 3.05) is 0 Å². The van der Waals surface area contributed by atoms with E-state index < -0.39 is 10.8 Å². The molecule has 0 unspecified atom stereocenters. The lowest BCUT2D eigenvalue weighted by Gasteiger charge is -2.00. The zero-order valence-corrected chi connectivity index (χ0v) is 13.0. The molecule has 102 valence electrons. The maximum atomic E-state index is 12.2. The number of para-hydroxylation sites is 1. The molecular weight excluding hydrogens is 310 g/mol. The predicted molar refractivity (Wildman–Crippen MR) is 86.6 cm³/mol. The highest BCUT2D eigenvalue weighted by atomic mass is 35.5. The van der Waals surface area contributed by atoms with Gasteiger partial charge in [-0.3, -0.25) is 4.21 Å². The second-order valence-electron chi connectivity index (χ2n) is 4.43. The molecule has 3 aromatic rings. The van der Waals surface area contributed by atoms with Gasteiger partial charge in [0.05, 0.1) is 16.0 Å². The number of rotatable bonds is 4. The van der Waals surface area contributed by atoms with Crippen LogP contribution in [0.15, 0.2) is 48.5 Å². The molecule has 0 spiro atoms. The van der Waals surface area contributed by atoms with Crippen molar-refractivity contribution < 1.29 is 4.21 Å². The first-order chi connectivity index (χ1) is 9.70. The molecule has 3 rings (SSSR count). The van der Waals surface area contributed by atoms with Gasteiger partial charge in [-0.15, -0.1) is 11.3 Å². The molecule has 0 aliphatic rings. The number of hydrogen-bond acceptors (Lipinski definition) is 3. The van der Waals surface area contributed by atoms with Gasteiger partial charge in [-0.25, -0.2) is 4.98 Å². The van der Waals surface area contributed by atoms with E-state index in [-0.39, 0.29) is 0 Å². The zero-order valence-electron chi connectivity index (χ0n) is 10.6. The second kappa shape index (κ2) is 6.04. The molecule has 1 aromatic heterocycles. The summed E-state index contributed by atoms with van der Waals surface area (Å²) in [6.45, 7) is 0. The van der Waals surface area contributed by atoms with E-state index >= 15 is 0 Å². The molecular formula is C15H12ClNOS2. The fourth-order valence-corrected chi connectivity index (χ4v) is 4.46. The Morgan fingerprint density at radius 3 is 2.55 bits per heavy atom. The second-order valence-corrected chi connectivity index (χ2v) is 7.44. The van der Waals surface area contributed by atoms with Gasteiger partial charge in [0.1, 0.15) is 5.01 Å². The van der Waals surface area contributed by atoms with Crippen LogP contribution in [0.2, 0.25) is 5.02 Å². The summed E-state index contributed by atoms with van der Waals surface area (Å²) in [6, 6.07) is 15.5. The molecule has 0 N–H and O–H groups in total. The highest BCUT2D eigenvalue weighted by Gasteiger charge is 2.08. The fraction of sp³-hybridized carbons (Fsp3) is 0.133. The van der Waals surface area contributed by atoms with Crippen molar-refractivity contribution in [2.45, 2.75) is 11.5 Å². The van der Waals surface area contributed by atoms with Crippen LogP contribution in [0.5, 0.6) is 0 Å². The SMILES string of the molecule is O=[S@@](Cc1ccc(Cl)cc1)Cc1nc2ccccc2s1. The van der Waals surface area contributed by atoms with E-state index in [1.807, 2.05) is 48.5 Å². The lowest BCUT2D eigenvalue weighted by molar-refractivity contribution is 0.682. The van der Waals surface area contributed by atoms with Crippen molar-refractivity contribution in [3.8, 4) is 0 Å². The van der Waals surface area contributed by atoms with E-state index in [1.165, 1.54) is 0 Å². The number of halogens is 1. The van der Waals surface area contributed by atoms with Gasteiger partial charge in [-0.05, 0) is 29.8 Å². The van der Waals surface area contributed by atoms with Gasteiger partial charge in [0.2, 0.25) is 0 Å². The smallest absolute Gasteiger partial charge is 0.106 e. The zero-order chi connectivity index (χ0) is 13.9. The van der Waals surface area contributed by atoms with Crippen LogP contribution in [0.3, 0.4) is 0 Å². The summed E-state index contributed by atoms with van der Waals surface area (Å²) in [7, 11) is -0.950. The van der Waals surface area contributed by atoms with E-state index in [1.54, 1.807) is 11.3 Å². The van der Waals surface area contributed by atoms with Crippen molar-refractivity contribution >= 4 is 44.0 Å². The van der Waals surface area contributed by atoms with Crippen molar-refractivity contribution in [3.63, 3.8) is 0 Å². The van der Waals surface area contributed by atoms with Crippen molar-refractivity contribution in [1.82, 2.24) is 4.98 Å². The van der Waals surface area contributed by atoms with E-state index in [0.717, 1.165) is 20.8 Å². The standard InChI is InChI=1S/C15H12ClNOS2/c16-12-7-5-11(6-8-12)9-20(18)10-15-17-13-3-1-2-4-14(13)19-15/h1-8H,9-10H2/t20-/m0/s1. The van der Waals surface area contributed by atoms with Crippen LogP contribution in [0.4, 0.5) is 0 Å². The first kappa shape index (κ1) is 13.7. The summed E-state index contributed by atoms with van der Waals surface area (Å²) in [5.41, 5.74) is 2.02. The molecule has 2 aromatic carbocycles. The van der Waals surface area contributed by atoms with E-state index in [4.69, 9.17) is 11.6 Å². The van der Waals surface area contributed by atoms with Crippen molar-refractivity contribution in [3.05, 3.63) is 64.1 Å². The number of fused-ring (bicyclic) bond motifs is 1. The van der Waals surface area contributed by atoms with Crippen LogP contribution in [0.25, 0.3) is 10.2 Å². The Morgan fingerprint density at radius 1 is 1.05 bits per heavy atom. The van der Waals surface area contributed by atoms with Crippen molar-refractivity contribution in [1.29, 1.82) is 0 Å². The maximum absolute atomic E-state index is 12.2. The number of thiazole rings is 1. The Labute approximate surface area is 128 Å². The first-order valence-electron chi connectivity index (χ1n) is 6.14. The van der Waals surface area contributed by atoms with Crippen molar-refractivity contribution in [2.24, 2.45) is 0 Å². The Morgan fingerprint density at radius 2 is 1.80 bits per heavy atom. The van der Waals surface area contributed by atoms with Crippen LogP contribution in [-0.2, 0) is 22.3 Å². The molecule has 0 amide bonds. The van der Waals surface area contributed by atoms with Gasteiger partial charge in [0, 0.05) is 21.6 Å². The third-order valence-electron chi connectivity index (χ3n) is 2.86. The lowest BCUT2D eigenvalue weighted by atomic mass is 10.2. The molecule has 0 fully saturated rings. The van der Waals surface area contributed by atoms with Crippen LogP contribution < -0.4 is 0 Å². The van der Waals surface area contributed by atoms with Crippen LogP contribution in [-0.4, -0.2) is 9.19 Å². The quantitative estimate of drug-likeness (QED) is 0.713. The Hall–Kier alpha value is -1.23. The normalized spacial score (nSPS) is 12.7. The minimum absolute atomic E-state index is 0.502. The van der Waals surface area contributed by atoms with Gasteiger partial charge < -0.3 is 0 Å². The molecule has 0 aliphatic heterocycles. The molecule has 1 atom stereocenters. The maximum Gasteiger partial charge on any atom is 0.106 e. The molecule has 0 saturated carbocycles. The van der Waals surface area contributed by atoms with Crippen LogP contribution in [0, 0.1) is 0 Å². The predicted octanol–water partition coefficient (Wildman–Crippen LogP) is 4.40. The number of aromatic nitrogens is 1. The highest BCUT2D eigenvalue weighted by Crippen LogP contribution is 2.23.